The van der Waals surface area contributed by atoms with Gasteiger partial charge in [0.05, 0.1) is 16.9 Å². The summed E-state index contributed by atoms with van der Waals surface area (Å²) in [6.07, 6.45) is 0. The fourth-order valence-corrected chi connectivity index (χ4v) is 3.37. The molecule has 0 aliphatic carbocycles. The highest BCUT2D eigenvalue weighted by Gasteiger charge is 2.22. The van der Waals surface area contributed by atoms with Gasteiger partial charge in [-0.25, -0.2) is 4.68 Å². The van der Waals surface area contributed by atoms with Crippen molar-refractivity contribution in [1.82, 2.24) is 15.1 Å². The zero-order valence-electron chi connectivity index (χ0n) is 16.6. The molecule has 1 heterocycles. The molecule has 144 valence electrons. The topological polar surface area (TPSA) is 46.9 Å². The lowest BCUT2D eigenvalue weighted by atomic mass is 10.1. The van der Waals surface area contributed by atoms with Gasteiger partial charge < -0.3 is 5.32 Å². The van der Waals surface area contributed by atoms with Gasteiger partial charge in [0.15, 0.2) is 0 Å². The molecule has 0 radical (unpaired) electrons. The average molecular weight is 381 g/mol. The van der Waals surface area contributed by atoms with Crippen molar-refractivity contribution in [2.75, 3.05) is 0 Å². The quantitative estimate of drug-likeness (QED) is 0.524. The maximum absolute atomic E-state index is 13.2. The molecule has 0 unspecified atom stereocenters. The van der Waals surface area contributed by atoms with E-state index < -0.39 is 0 Å². The summed E-state index contributed by atoms with van der Waals surface area (Å²) in [6, 6.07) is 27.9. The highest BCUT2D eigenvalue weighted by Crippen LogP contribution is 2.27. The van der Waals surface area contributed by atoms with Crippen LogP contribution in [0.4, 0.5) is 0 Å². The predicted molar refractivity (Wildman–Crippen MR) is 116 cm³/mol. The van der Waals surface area contributed by atoms with Crippen LogP contribution in [-0.4, -0.2) is 15.7 Å². The van der Waals surface area contributed by atoms with Gasteiger partial charge in [0.1, 0.15) is 5.69 Å². The van der Waals surface area contributed by atoms with Crippen LogP contribution in [0.5, 0.6) is 0 Å². The molecule has 0 atom stereocenters. The fourth-order valence-electron chi connectivity index (χ4n) is 3.37. The van der Waals surface area contributed by atoms with Gasteiger partial charge in [0.2, 0.25) is 0 Å². The molecule has 0 saturated carbocycles. The van der Waals surface area contributed by atoms with Crippen molar-refractivity contribution >= 4 is 5.91 Å². The van der Waals surface area contributed by atoms with Crippen molar-refractivity contribution in [3.05, 3.63) is 107 Å². The van der Waals surface area contributed by atoms with Crippen molar-refractivity contribution in [2.45, 2.75) is 20.4 Å². The Morgan fingerprint density at radius 3 is 2.14 bits per heavy atom. The minimum Gasteiger partial charge on any atom is -0.348 e. The van der Waals surface area contributed by atoms with Crippen molar-refractivity contribution in [3.8, 4) is 16.9 Å². The summed E-state index contributed by atoms with van der Waals surface area (Å²) in [5.74, 6) is -0.121. The lowest BCUT2D eigenvalue weighted by Crippen LogP contribution is -2.24. The first-order chi connectivity index (χ1) is 14.1. The van der Waals surface area contributed by atoms with Gasteiger partial charge in [-0.15, -0.1) is 0 Å². The Balaban J connectivity index is 1.71. The third-order valence-electron chi connectivity index (χ3n) is 4.97. The Morgan fingerprint density at radius 2 is 1.48 bits per heavy atom. The second kappa shape index (κ2) is 8.15. The Hall–Kier alpha value is -3.66. The van der Waals surface area contributed by atoms with E-state index in [0.717, 1.165) is 22.5 Å². The van der Waals surface area contributed by atoms with E-state index in [2.05, 4.69) is 24.4 Å². The summed E-state index contributed by atoms with van der Waals surface area (Å²) in [6.45, 7) is 4.46. The van der Waals surface area contributed by atoms with Crippen LogP contribution in [0.3, 0.4) is 0 Å². The number of rotatable bonds is 5. The number of hydrogen-bond acceptors (Lipinski definition) is 2. The smallest absolute Gasteiger partial charge is 0.255 e. The molecular formula is C25H23N3O. The van der Waals surface area contributed by atoms with Crippen molar-refractivity contribution in [1.29, 1.82) is 0 Å². The van der Waals surface area contributed by atoms with Crippen LogP contribution in [0, 0.1) is 13.8 Å². The van der Waals surface area contributed by atoms with E-state index in [0.29, 0.717) is 17.8 Å². The van der Waals surface area contributed by atoms with E-state index in [1.165, 1.54) is 5.56 Å². The van der Waals surface area contributed by atoms with Crippen molar-refractivity contribution < 1.29 is 4.79 Å². The molecule has 1 aromatic heterocycles. The number of carbonyl (C=O) groups is 1. The first-order valence-corrected chi connectivity index (χ1v) is 9.67. The van der Waals surface area contributed by atoms with E-state index in [1.54, 1.807) is 0 Å². The summed E-state index contributed by atoms with van der Waals surface area (Å²) >= 11 is 0. The molecule has 4 rings (SSSR count). The molecule has 1 N–H and O–H groups in total. The number of hydrogen-bond donors (Lipinski definition) is 1. The molecule has 3 aromatic carbocycles. The summed E-state index contributed by atoms with van der Waals surface area (Å²) in [4.78, 5) is 13.2. The largest absolute Gasteiger partial charge is 0.348 e. The van der Waals surface area contributed by atoms with Crippen molar-refractivity contribution in [3.63, 3.8) is 0 Å². The maximum atomic E-state index is 13.2. The standard InChI is InChI=1S/C25H23N3O/c1-18-13-15-20(16-14-18)17-26-25(29)23-19(2)28(22-11-7-4-8-12-22)27-24(23)21-9-5-3-6-10-21/h3-16H,17H2,1-2H3,(H,26,29). The van der Waals surface area contributed by atoms with Crippen LogP contribution < -0.4 is 5.32 Å². The Bertz CT molecular complexity index is 1110. The summed E-state index contributed by atoms with van der Waals surface area (Å²) in [5.41, 5.74) is 6.23. The van der Waals surface area contributed by atoms with Gasteiger partial charge in [0.25, 0.3) is 5.91 Å². The average Bonchev–Trinajstić information content (AvgIpc) is 3.11. The fraction of sp³-hybridized carbons (Fsp3) is 0.120. The highest BCUT2D eigenvalue weighted by molar-refractivity contribution is 6.01. The van der Waals surface area contributed by atoms with Gasteiger partial charge in [-0.05, 0) is 31.5 Å². The second-order valence-electron chi connectivity index (χ2n) is 7.09. The molecule has 0 aliphatic heterocycles. The third kappa shape index (κ3) is 3.97. The molecule has 0 spiro atoms. The first kappa shape index (κ1) is 18.7. The Labute approximate surface area is 170 Å². The minimum absolute atomic E-state index is 0.121. The molecule has 4 aromatic rings. The molecule has 0 fully saturated rings. The van der Waals surface area contributed by atoms with Crippen LogP contribution in [-0.2, 0) is 6.54 Å². The van der Waals surface area contributed by atoms with Crippen LogP contribution in [0.1, 0.15) is 27.2 Å². The van der Waals surface area contributed by atoms with E-state index in [4.69, 9.17) is 5.10 Å². The zero-order valence-corrected chi connectivity index (χ0v) is 16.6. The van der Waals surface area contributed by atoms with Gasteiger partial charge in [-0.3, -0.25) is 4.79 Å². The van der Waals surface area contributed by atoms with Gasteiger partial charge in [-0.1, -0.05) is 78.4 Å². The van der Waals surface area contributed by atoms with E-state index in [9.17, 15) is 4.79 Å². The molecular weight excluding hydrogens is 358 g/mol. The zero-order chi connectivity index (χ0) is 20.2. The number of para-hydroxylation sites is 1. The van der Waals surface area contributed by atoms with Crippen LogP contribution in [0.2, 0.25) is 0 Å². The predicted octanol–water partition coefficient (Wildman–Crippen LogP) is 5.09. The van der Waals surface area contributed by atoms with E-state index in [-0.39, 0.29) is 5.91 Å². The summed E-state index contributed by atoms with van der Waals surface area (Å²) < 4.78 is 1.84. The van der Waals surface area contributed by atoms with Crippen molar-refractivity contribution in [2.24, 2.45) is 0 Å². The van der Waals surface area contributed by atoms with Crippen LogP contribution in [0.15, 0.2) is 84.9 Å². The molecule has 29 heavy (non-hydrogen) atoms. The number of aryl methyl sites for hydroxylation is 1. The highest BCUT2D eigenvalue weighted by atomic mass is 16.1. The number of nitrogens with one attached hydrogen (secondary N) is 1. The molecule has 0 aliphatic rings. The molecule has 0 bridgehead atoms. The Kier molecular flexibility index (Phi) is 5.25. The van der Waals surface area contributed by atoms with Crippen LogP contribution >= 0.6 is 0 Å². The molecule has 4 heteroatoms. The normalized spacial score (nSPS) is 10.7. The number of aromatic nitrogens is 2. The summed E-state index contributed by atoms with van der Waals surface area (Å²) in [7, 11) is 0. The monoisotopic (exact) mass is 381 g/mol. The Morgan fingerprint density at radius 1 is 0.862 bits per heavy atom. The number of nitrogens with zero attached hydrogens (tertiary/aromatic N) is 2. The lowest BCUT2D eigenvalue weighted by molar-refractivity contribution is 0.0951. The second-order valence-corrected chi connectivity index (χ2v) is 7.09. The van der Waals surface area contributed by atoms with E-state index >= 15 is 0 Å². The van der Waals surface area contributed by atoms with E-state index in [1.807, 2.05) is 84.4 Å². The first-order valence-electron chi connectivity index (χ1n) is 9.67. The molecule has 4 nitrogen and oxygen atoms in total. The van der Waals surface area contributed by atoms with Gasteiger partial charge in [-0.2, -0.15) is 5.10 Å². The minimum atomic E-state index is -0.121. The maximum Gasteiger partial charge on any atom is 0.255 e. The molecule has 0 saturated heterocycles. The summed E-state index contributed by atoms with van der Waals surface area (Å²) in [5, 5.41) is 7.85. The van der Waals surface area contributed by atoms with Gasteiger partial charge >= 0.3 is 0 Å². The van der Waals surface area contributed by atoms with Crippen LogP contribution in [0.25, 0.3) is 16.9 Å². The lowest BCUT2D eigenvalue weighted by Gasteiger charge is -2.08. The SMILES string of the molecule is Cc1ccc(CNC(=O)c2c(-c3ccccc3)nn(-c3ccccc3)c2C)cc1. The number of benzene rings is 3. The third-order valence-corrected chi connectivity index (χ3v) is 4.97. The molecule has 1 amide bonds. The number of carbonyl (C=O) groups excluding carboxylic acids is 1. The number of amides is 1. The van der Waals surface area contributed by atoms with Gasteiger partial charge in [0, 0.05) is 12.1 Å².